The SMILES string of the molecule is CSC(c1sc(-c2ccccc2)nc1-c1ccccc1)P(=O)(OC(C)C)OC(C)C. The first-order chi connectivity index (χ1) is 14.3. The summed E-state index contributed by atoms with van der Waals surface area (Å²) < 4.78 is 25.9. The van der Waals surface area contributed by atoms with Crippen molar-refractivity contribution >= 4 is 30.7 Å². The Balaban J connectivity index is 2.17. The molecule has 1 heterocycles. The minimum atomic E-state index is -3.46. The van der Waals surface area contributed by atoms with Crippen LogP contribution in [0, 0.1) is 0 Å². The van der Waals surface area contributed by atoms with E-state index in [2.05, 4.69) is 0 Å². The van der Waals surface area contributed by atoms with Gasteiger partial charge in [-0.25, -0.2) is 4.98 Å². The molecule has 3 rings (SSSR count). The van der Waals surface area contributed by atoms with Crippen LogP contribution in [0.4, 0.5) is 0 Å². The molecule has 0 bridgehead atoms. The van der Waals surface area contributed by atoms with Gasteiger partial charge in [-0.1, -0.05) is 60.7 Å². The van der Waals surface area contributed by atoms with Gasteiger partial charge in [0.25, 0.3) is 0 Å². The standard InChI is InChI=1S/C23H28NO3PS2/c1-16(2)26-28(25,27-17(3)4)23(29-5)21-20(18-12-8-6-9-13-18)24-22(30-21)19-14-10-7-11-15-19/h6-17,23H,1-5H3. The average Bonchev–Trinajstić information content (AvgIpc) is 3.13. The van der Waals surface area contributed by atoms with E-state index < -0.39 is 12.6 Å². The molecule has 3 aromatic rings. The topological polar surface area (TPSA) is 48.4 Å². The maximum atomic E-state index is 14.0. The third kappa shape index (κ3) is 5.43. The van der Waals surface area contributed by atoms with Crippen molar-refractivity contribution in [3.05, 3.63) is 65.5 Å². The fourth-order valence-electron chi connectivity index (χ4n) is 3.11. The summed E-state index contributed by atoms with van der Waals surface area (Å²) in [4.78, 5) is 5.41. The number of benzene rings is 2. The Hall–Kier alpha value is -1.43. The van der Waals surface area contributed by atoms with Crippen LogP contribution >= 0.6 is 30.7 Å². The summed E-state index contributed by atoms with van der Waals surface area (Å²) >= 11 is 3.05. The van der Waals surface area contributed by atoms with Crippen LogP contribution in [0.1, 0.15) is 37.6 Å². The highest BCUT2D eigenvalue weighted by Gasteiger charge is 2.41. The molecule has 0 saturated heterocycles. The Morgan fingerprint density at radius 1 is 0.867 bits per heavy atom. The van der Waals surface area contributed by atoms with Crippen molar-refractivity contribution in [2.45, 2.75) is 44.9 Å². The molecule has 0 fully saturated rings. The lowest BCUT2D eigenvalue weighted by Gasteiger charge is -2.28. The molecule has 0 aliphatic rings. The van der Waals surface area contributed by atoms with Crippen molar-refractivity contribution in [3.63, 3.8) is 0 Å². The summed E-state index contributed by atoms with van der Waals surface area (Å²) in [6, 6.07) is 20.1. The van der Waals surface area contributed by atoms with E-state index in [0.717, 1.165) is 26.7 Å². The van der Waals surface area contributed by atoms with Crippen molar-refractivity contribution < 1.29 is 13.6 Å². The van der Waals surface area contributed by atoms with Gasteiger partial charge in [0.2, 0.25) is 0 Å². The molecule has 1 unspecified atom stereocenters. The summed E-state index contributed by atoms with van der Waals surface area (Å²) in [5.74, 6) is 0. The van der Waals surface area contributed by atoms with E-state index in [4.69, 9.17) is 14.0 Å². The van der Waals surface area contributed by atoms with Crippen LogP contribution in [0.5, 0.6) is 0 Å². The van der Waals surface area contributed by atoms with E-state index in [-0.39, 0.29) is 12.2 Å². The van der Waals surface area contributed by atoms with Gasteiger partial charge in [0.1, 0.15) is 10.00 Å². The Morgan fingerprint density at radius 2 is 1.37 bits per heavy atom. The lowest BCUT2D eigenvalue weighted by atomic mass is 10.1. The second-order valence-electron chi connectivity index (χ2n) is 7.40. The molecule has 1 aromatic heterocycles. The summed E-state index contributed by atoms with van der Waals surface area (Å²) in [7, 11) is -3.46. The predicted octanol–water partition coefficient (Wildman–Crippen LogP) is 7.88. The third-order valence-corrected chi connectivity index (χ3v) is 10.0. The molecule has 0 spiro atoms. The molecule has 0 N–H and O–H groups in total. The number of thiazole rings is 1. The zero-order valence-electron chi connectivity index (χ0n) is 17.9. The Labute approximate surface area is 187 Å². The van der Waals surface area contributed by atoms with Crippen LogP contribution in [-0.2, 0) is 13.6 Å². The monoisotopic (exact) mass is 461 g/mol. The van der Waals surface area contributed by atoms with E-state index in [9.17, 15) is 4.57 Å². The Morgan fingerprint density at radius 3 is 1.83 bits per heavy atom. The van der Waals surface area contributed by atoms with E-state index in [1.54, 1.807) is 11.3 Å². The van der Waals surface area contributed by atoms with Crippen molar-refractivity contribution in [2.24, 2.45) is 0 Å². The normalized spacial score (nSPS) is 13.2. The van der Waals surface area contributed by atoms with Crippen molar-refractivity contribution in [1.29, 1.82) is 0 Å². The summed E-state index contributed by atoms with van der Waals surface area (Å²) in [6.07, 6.45) is 1.51. The number of thioether (sulfide) groups is 1. The predicted molar refractivity (Wildman–Crippen MR) is 129 cm³/mol. The number of aromatic nitrogens is 1. The Kier molecular flexibility index (Phi) is 7.94. The van der Waals surface area contributed by atoms with Gasteiger partial charge in [-0.05, 0) is 34.0 Å². The molecule has 0 aliphatic carbocycles. The molecule has 7 heteroatoms. The summed E-state index contributed by atoms with van der Waals surface area (Å²) in [5, 5.41) is 0.893. The zero-order valence-corrected chi connectivity index (χ0v) is 20.5. The van der Waals surface area contributed by atoms with Gasteiger partial charge >= 0.3 is 7.60 Å². The molecule has 30 heavy (non-hydrogen) atoms. The number of hydrogen-bond donors (Lipinski definition) is 0. The Bertz CT molecular complexity index is 976. The zero-order chi connectivity index (χ0) is 21.7. The second kappa shape index (κ2) is 10.3. The smallest absolute Gasteiger partial charge is 0.305 e. The van der Waals surface area contributed by atoms with Gasteiger partial charge in [-0.2, -0.15) is 0 Å². The van der Waals surface area contributed by atoms with E-state index in [0.29, 0.717) is 0 Å². The molecule has 0 amide bonds. The van der Waals surface area contributed by atoms with Crippen LogP contribution in [0.2, 0.25) is 0 Å². The summed E-state index contributed by atoms with van der Waals surface area (Å²) in [5.41, 5.74) is 2.86. The molecule has 2 aromatic carbocycles. The minimum Gasteiger partial charge on any atom is -0.305 e. The van der Waals surface area contributed by atoms with Crippen LogP contribution in [0.25, 0.3) is 21.8 Å². The number of rotatable bonds is 9. The highest BCUT2D eigenvalue weighted by Crippen LogP contribution is 2.68. The van der Waals surface area contributed by atoms with Gasteiger partial charge < -0.3 is 9.05 Å². The maximum Gasteiger partial charge on any atom is 0.349 e. The lowest BCUT2D eigenvalue weighted by Crippen LogP contribution is -2.12. The highest BCUT2D eigenvalue weighted by atomic mass is 32.2. The van der Waals surface area contributed by atoms with Crippen LogP contribution in [0.15, 0.2) is 60.7 Å². The van der Waals surface area contributed by atoms with E-state index >= 15 is 0 Å². The molecule has 160 valence electrons. The van der Waals surface area contributed by atoms with Crippen LogP contribution in [0.3, 0.4) is 0 Å². The first-order valence-corrected chi connectivity index (χ1v) is 13.7. The van der Waals surface area contributed by atoms with E-state index in [1.165, 1.54) is 11.8 Å². The second-order valence-corrected chi connectivity index (χ2v) is 11.7. The minimum absolute atomic E-state index is 0.217. The first kappa shape index (κ1) is 23.2. The molecular formula is C23H28NO3PS2. The molecule has 0 saturated carbocycles. The van der Waals surface area contributed by atoms with Gasteiger partial charge in [0.15, 0.2) is 0 Å². The van der Waals surface area contributed by atoms with Crippen LogP contribution < -0.4 is 0 Å². The fraction of sp³-hybridized carbons (Fsp3) is 0.348. The lowest BCUT2D eigenvalue weighted by molar-refractivity contribution is 0.141. The highest BCUT2D eigenvalue weighted by molar-refractivity contribution is 8.04. The van der Waals surface area contributed by atoms with Gasteiger partial charge in [0.05, 0.1) is 22.8 Å². The maximum absolute atomic E-state index is 14.0. The van der Waals surface area contributed by atoms with Gasteiger partial charge in [-0.15, -0.1) is 23.1 Å². The van der Waals surface area contributed by atoms with Crippen molar-refractivity contribution in [1.82, 2.24) is 4.98 Å². The van der Waals surface area contributed by atoms with E-state index in [1.807, 2.05) is 94.6 Å². The quantitative estimate of drug-likeness (QED) is 0.303. The number of hydrogen-bond acceptors (Lipinski definition) is 6. The third-order valence-electron chi connectivity index (χ3n) is 4.17. The molecule has 4 nitrogen and oxygen atoms in total. The number of nitrogens with zero attached hydrogens (tertiary/aromatic N) is 1. The fourth-order valence-corrected chi connectivity index (χ4v) is 8.56. The largest absolute Gasteiger partial charge is 0.349 e. The average molecular weight is 462 g/mol. The first-order valence-electron chi connectivity index (χ1n) is 9.95. The van der Waals surface area contributed by atoms with Gasteiger partial charge in [0, 0.05) is 11.1 Å². The molecule has 1 atom stereocenters. The van der Waals surface area contributed by atoms with Gasteiger partial charge in [-0.3, -0.25) is 4.57 Å². The molecule has 0 aliphatic heterocycles. The summed E-state index contributed by atoms with van der Waals surface area (Å²) in [6.45, 7) is 7.53. The van der Waals surface area contributed by atoms with Crippen molar-refractivity contribution in [3.8, 4) is 21.8 Å². The van der Waals surface area contributed by atoms with Crippen molar-refractivity contribution in [2.75, 3.05) is 6.26 Å². The van der Waals surface area contributed by atoms with Crippen LogP contribution in [-0.4, -0.2) is 23.4 Å². The molecular weight excluding hydrogens is 433 g/mol. The molecule has 0 radical (unpaired) electrons.